The summed E-state index contributed by atoms with van der Waals surface area (Å²) in [5.74, 6) is -0.0215. The van der Waals surface area contributed by atoms with Crippen LogP contribution in [0.2, 0.25) is 0 Å². The molecule has 1 atom stereocenters. The van der Waals surface area contributed by atoms with E-state index in [1.807, 2.05) is 24.7 Å². The first-order valence-electron chi connectivity index (χ1n) is 8.55. The van der Waals surface area contributed by atoms with Gasteiger partial charge in [0.2, 0.25) is 5.91 Å². The first-order valence-corrected chi connectivity index (χ1v) is 8.55. The molecule has 0 aliphatic heterocycles. The van der Waals surface area contributed by atoms with Crippen LogP contribution in [0.25, 0.3) is 5.69 Å². The Morgan fingerprint density at radius 1 is 1.29 bits per heavy atom. The van der Waals surface area contributed by atoms with Crippen molar-refractivity contribution in [1.29, 1.82) is 0 Å². The normalized spacial score (nSPS) is 16.4. The fourth-order valence-corrected chi connectivity index (χ4v) is 3.26. The second-order valence-electron chi connectivity index (χ2n) is 6.90. The fraction of sp³-hybridized carbons (Fsp3) is 0.400. The van der Waals surface area contributed by atoms with Crippen molar-refractivity contribution in [2.75, 3.05) is 0 Å². The van der Waals surface area contributed by atoms with Crippen LogP contribution in [0.4, 0.5) is 0 Å². The SMILES string of the molecule is CC(C)=CC(=O)N[C@H]1CCCc2c1cnn2-c1ccc(C)c(C)c1. The highest BCUT2D eigenvalue weighted by molar-refractivity contribution is 5.88. The maximum atomic E-state index is 12.1. The summed E-state index contributed by atoms with van der Waals surface area (Å²) in [6, 6.07) is 6.47. The molecule has 1 aromatic carbocycles. The van der Waals surface area contributed by atoms with Crippen LogP contribution in [0, 0.1) is 13.8 Å². The number of hydrogen-bond acceptors (Lipinski definition) is 2. The van der Waals surface area contributed by atoms with Crippen LogP contribution in [-0.4, -0.2) is 15.7 Å². The minimum absolute atomic E-state index is 0.0215. The van der Waals surface area contributed by atoms with Gasteiger partial charge in [-0.25, -0.2) is 4.68 Å². The molecule has 1 N–H and O–H groups in total. The van der Waals surface area contributed by atoms with E-state index in [1.54, 1.807) is 6.08 Å². The Morgan fingerprint density at radius 3 is 2.79 bits per heavy atom. The Morgan fingerprint density at radius 2 is 2.08 bits per heavy atom. The zero-order chi connectivity index (χ0) is 17.3. The summed E-state index contributed by atoms with van der Waals surface area (Å²) >= 11 is 0. The highest BCUT2D eigenvalue weighted by Gasteiger charge is 2.25. The molecule has 0 bridgehead atoms. The lowest BCUT2D eigenvalue weighted by molar-refractivity contribution is -0.117. The Labute approximate surface area is 143 Å². The Balaban J connectivity index is 1.91. The molecule has 4 nitrogen and oxygen atoms in total. The Bertz CT molecular complexity index is 797. The first-order chi connectivity index (χ1) is 11.5. The summed E-state index contributed by atoms with van der Waals surface area (Å²) in [7, 11) is 0. The lowest BCUT2D eigenvalue weighted by Gasteiger charge is -2.24. The van der Waals surface area contributed by atoms with Crippen molar-refractivity contribution in [2.45, 2.75) is 53.0 Å². The predicted octanol–water partition coefficient (Wildman–Crippen LogP) is 3.95. The number of aryl methyl sites for hydroxylation is 2. The number of aromatic nitrogens is 2. The molecule has 1 aliphatic rings. The lowest BCUT2D eigenvalue weighted by Crippen LogP contribution is -2.29. The Kier molecular flexibility index (Phi) is 4.56. The van der Waals surface area contributed by atoms with Crippen molar-refractivity contribution in [1.82, 2.24) is 15.1 Å². The zero-order valence-corrected chi connectivity index (χ0v) is 14.9. The molecule has 0 spiro atoms. The van der Waals surface area contributed by atoms with Crippen LogP contribution in [0.1, 0.15) is 55.1 Å². The molecule has 2 aromatic rings. The molecule has 3 rings (SSSR count). The van der Waals surface area contributed by atoms with Crippen molar-refractivity contribution >= 4 is 5.91 Å². The molecule has 0 radical (unpaired) electrons. The van der Waals surface area contributed by atoms with Crippen LogP contribution in [0.15, 0.2) is 36.0 Å². The first kappa shape index (κ1) is 16.5. The van der Waals surface area contributed by atoms with Crippen molar-refractivity contribution in [3.05, 3.63) is 58.4 Å². The number of benzene rings is 1. The van der Waals surface area contributed by atoms with E-state index in [9.17, 15) is 4.79 Å². The monoisotopic (exact) mass is 323 g/mol. The van der Waals surface area contributed by atoms with Crippen LogP contribution < -0.4 is 5.32 Å². The summed E-state index contributed by atoms with van der Waals surface area (Å²) < 4.78 is 2.03. The average Bonchev–Trinajstić information content (AvgIpc) is 2.94. The molecule has 0 unspecified atom stereocenters. The number of nitrogens with zero attached hydrogens (tertiary/aromatic N) is 2. The van der Waals surface area contributed by atoms with Crippen LogP contribution >= 0.6 is 0 Å². The van der Waals surface area contributed by atoms with E-state index in [2.05, 4.69) is 42.5 Å². The second-order valence-corrected chi connectivity index (χ2v) is 6.90. The molecule has 1 aromatic heterocycles. The fourth-order valence-electron chi connectivity index (χ4n) is 3.26. The van der Waals surface area contributed by atoms with Crippen LogP contribution in [0.3, 0.4) is 0 Å². The van der Waals surface area contributed by atoms with Gasteiger partial charge in [-0.3, -0.25) is 4.79 Å². The number of allylic oxidation sites excluding steroid dienone is 1. The molecule has 4 heteroatoms. The highest BCUT2D eigenvalue weighted by atomic mass is 16.1. The van der Waals surface area contributed by atoms with Gasteiger partial charge in [-0.05, 0) is 70.2 Å². The largest absolute Gasteiger partial charge is 0.346 e. The third kappa shape index (κ3) is 3.28. The lowest BCUT2D eigenvalue weighted by atomic mass is 9.92. The van der Waals surface area contributed by atoms with Crippen molar-refractivity contribution in [3.8, 4) is 5.69 Å². The molecule has 1 amide bonds. The molecule has 1 heterocycles. The van der Waals surface area contributed by atoms with E-state index in [0.717, 1.165) is 36.1 Å². The average molecular weight is 323 g/mol. The number of rotatable bonds is 3. The van der Waals surface area contributed by atoms with Gasteiger partial charge in [-0.2, -0.15) is 5.10 Å². The third-order valence-electron chi connectivity index (χ3n) is 4.65. The van der Waals surface area contributed by atoms with Crippen molar-refractivity contribution in [2.24, 2.45) is 0 Å². The minimum atomic E-state index is -0.0215. The van der Waals surface area contributed by atoms with Crippen LogP contribution in [0.5, 0.6) is 0 Å². The Hall–Kier alpha value is -2.36. The topological polar surface area (TPSA) is 46.9 Å². The number of nitrogens with one attached hydrogen (secondary N) is 1. The maximum absolute atomic E-state index is 12.1. The summed E-state index contributed by atoms with van der Waals surface area (Å²) in [5, 5.41) is 7.73. The van der Waals surface area contributed by atoms with Gasteiger partial charge in [0.25, 0.3) is 0 Å². The van der Waals surface area contributed by atoms with Gasteiger partial charge in [0.1, 0.15) is 0 Å². The quantitative estimate of drug-likeness (QED) is 0.869. The van der Waals surface area contributed by atoms with E-state index in [0.29, 0.717) is 0 Å². The van der Waals surface area contributed by atoms with E-state index in [4.69, 9.17) is 0 Å². The number of amides is 1. The predicted molar refractivity (Wildman–Crippen MR) is 96.3 cm³/mol. The molecule has 1 aliphatic carbocycles. The summed E-state index contributed by atoms with van der Waals surface area (Å²) in [6.45, 7) is 8.11. The van der Waals surface area contributed by atoms with Gasteiger partial charge in [0.05, 0.1) is 17.9 Å². The summed E-state index contributed by atoms with van der Waals surface area (Å²) in [5.41, 5.74) is 7.01. The number of carbonyl (C=O) groups is 1. The van der Waals surface area contributed by atoms with E-state index >= 15 is 0 Å². The van der Waals surface area contributed by atoms with E-state index in [1.165, 1.54) is 16.8 Å². The number of hydrogen-bond donors (Lipinski definition) is 1. The smallest absolute Gasteiger partial charge is 0.244 e. The van der Waals surface area contributed by atoms with Crippen molar-refractivity contribution in [3.63, 3.8) is 0 Å². The van der Waals surface area contributed by atoms with Gasteiger partial charge in [-0.1, -0.05) is 11.6 Å². The zero-order valence-electron chi connectivity index (χ0n) is 14.9. The van der Waals surface area contributed by atoms with Gasteiger partial charge in [-0.15, -0.1) is 0 Å². The van der Waals surface area contributed by atoms with E-state index < -0.39 is 0 Å². The number of fused-ring (bicyclic) bond motifs is 1. The summed E-state index contributed by atoms with van der Waals surface area (Å²) in [4.78, 5) is 12.1. The van der Waals surface area contributed by atoms with Gasteiger partial charge < -0.3 is 5.32 Å². The maximum Gasteiger partial charge on any atom is 0.244 e. The van der Waals surface area contributed by atoms with Crippen molar-refractivity contribution < 1.29 is 4.79 Å². The minimum Gasteiger partial charge on any atom is -0.346 e. The molecule has 24 heavy (non-hydrogen) atoms. The van der Waals surface area contributed by atoms with Gasteiger partial charge >= 0.3 is 0 Å². The molecule has 0 fully saturated rings. The van der Waals surface area contributed by atoms with Gasteiger partial charge in [0, 0.05) is 17.3 Å². The van der Waals surface area contributed by atoms with E-state index in [-0.39, 0.29) is 11.9 Å². The standard InChI is InChI=1S/C20H25N3O/c1-13(2)10-20(24)22-18-6-5-7-19-17(18)12-21-23(19)16-9-8-14(3)15(4)11-16/h8-12,18H,5-7H2,1-4H3,(H,22,24)/t18-/m0/s1. The van der Waals surface area contributed by atoms with Gasteiger partial charge in [0.15, 0.2) is 0 Å². The molecule has 0 saturated heterocycles. The number of carbonyl (C=O) groups excluding carboxylic acids is 1. The molecule has 126 valence electrons. The molecular weight excluding hydrogens is 298 g/mol. The highest BCUT2D eigenvalue weighted by Crippen LogP contribution is 2.31. The molecular formula is C20H25N3O. The summed E-state index contributed by atoms with van der Waals surface area (Å²) in [6.07, 6.45) is 6.59. The molecule has 0 saturated carbocycles. The van der Waals surface area contributed by atoms with Crippen LogP contribution in [-0.2, 0) is 11.2 Å². The second kappa shape index (κ2) is 6.63. The third-order valence-corrected chi connectivity index (χ3v) is 4.65.